The maximum atomic E-state index is 12.4. The van der Waals surface area contributed by atoms with Gasteiger partial charge in [-0.25, -0.2) is 4.98 Å². The van der Waals surface area contributed by atoms with Crippen molar-refractivity contribution in [3.05, 3.63) is 52.0 Å². The van der Waals surface area contributed by atoms with Gasteiger partial charge in [-0.2, -0.15) is 0 Å². The average Bonchev–Trinajstić information content (AvgIpc) is 3.04. The molecule has 0 aliphatic carbocycles. The van der Waals surface area contributed by atoms with Crippen LogP contribution in [0.25, 0.3) is 6.08 Å². The third-order valence-electron chi connectivity index (χ3n) is 4.34. The van der Waals surface area contributed by atoms with Crippen LogP contribution < -0.4 is 4.74 Å². The molecule has 3 rings (SSSR count). The highest BCUT2D eigenvalue weighted by Gasteiger charge is 2.19. The van der Waals surface area contributed by atoms with Crippen LogP contribution in [0.1, 0.15) is 36.0 Å². The zero-order chi connectivity index (χ0) is 17.6. The molecule has 132 valence electrons. The second kappa shape index (κ2) is 8.30. The third-order valence-corrected chi connectivity index (χ3v) is 5.16. The van der Waals surface area contributed by atoms with Crippen LogP contribution in [0.3, 0.4) is 0 Å². The van der Waals surface area contributed by atoms with Crippen LogP contribution in [0.5, 0.6) is 5.75 Å². The van der Waals surface area contributed by atoms with Gasteiger partial charge in [-0.15, -0.1) is 11.3 Å². The van der Waals surface area contributed by atoms with E-state index in [1.54, 1.807) is 17.4 Å². The van der Waals surface area contributed by atoms with Crippen molar-refractivity contribution in [1.29, 1.82) is 0 Å². The lowest BCUT2D eigenvalue weighted by Crippen LogP contribution is -2.38. The van der Waals surface area contributed by atoms with Crippen molar-refractivity contribution >= 4 is 23.3 Å². The van der Waals surface area contributed by atoms with Crippen molar-refractivity contribution in [2.45, 2.75) is 33.3 Å². The number of carbonyl (C=O) groups excluding carboxylic acids is 1. The van der Waals surface area contributed by atoms with Crippen LogP contribution in [0.4, 0.5) is 0 Å². The number of para-hydroxylation sites is 1. The number of piperidine rings is 1. The molecule has 4 nitrogen and oxygen atoms in total. The summed E-state index contributed by atoms with van der Waals surface area (Å²) < 4.78 is 5.90. The summed E-state index contributed by atoms with van der Waals surface area (Å²) in [6.07, 6.45) is 5.81. The molecule has 1 aromatic heterocycles. The first kappa shape index (κ1) is 17.7. The Morgan fingerprint density at radius 3 is 3.04 bits per heavy atom. The lowest BCUT2D eigenvalue weighted by Gasteiger charge is -2.30. The maximum absolute atomic E-state index is 12.4. The Hall–Kier alpha value is -2.14. The van der Waals surface area contributed by atoms with Gasteiger partial charge < -0.3 is 9.64 Å². The Balaban J connectivity index is 1.64. The smallest absolute Gasteiger partial charge is 0.246 e. The fourth-order valence-electron chi connectivity index (χ4n) is 3.03. The quantitative estimate of drug-likeness (QED) is 0.750. The first-order valence-electron chi connectivity index (χ1n) is 8.71. The van der Waals surface area contributed by atoms with Gasteiger partial charge in [0.05, 0.1) is 10.7 Å². The van der Waals surface area contributed by atoms with Crippen molar-refractivity contribution in [2.24, 2.45) is 5.92 Å². The highest BCUT2D eigenvalue weighted by molar-refractivity contribution is 7.09. The molecule has 1 atom stereocenters. The zero-order valence-corrected chi connectivity index (χ0v) is 15.6. The SMILES string of the molecule is Cc1nc(COc2ccccc2/C=C/C(=O)N2CCCC(C)C2)cs1. The van der Waals surface area contributed by atoms with E-state index >= 15 is 0 Å². The standard InChI is InChI=1S/C20H24N2O2S/c1-15-6-5-11-22(12-15)20(23)10-9-17-7-3-4-8-19(17)24-13-18-14-25-16(2)21-18/h3-4,7-10,14-15H,5-6,11-13H2,1-2H3/b10-9+. The molecule has 1 fully saturated rings. The maximum Gasteiger partial charge on any atom is 0.246 e. The molecule has 1 unspecified atom stereocenters. The Bertz CT molecular complexity index is 754. The van der Waals surface area contributed by atoms with Gasteiger partial charge in [-0.3, -0.25) is 4.79 Å². The molecule has 0 spiro atoms. The molecule has 1 amide bonds. The average molecular weight is 356 g/mol. The second-order valence-corrected chi connectivity index (χ2v) is 7.61. The van der Waals surface area contributed by atoms with Gasteiger partial charge >= 0.3 is 0 Å². The number of hydrogen-bond donors (Lipinski definition) is 0. The molecule has 2 aromatic rings. The fraction of sp³-hybridized carbons (Fsp3) is 0.400. The molecule has 1 saturated heterocycles. The molecule has 5 heteroatoms. The molecule has 0 bridgehead atoms. The molecule has 2 heterocycles. The normalized spacial score (nSPS) is 17.8. The second-order valence-electron chi connectivity index (χ2n) is 6.55. The van der Waals surface area contributed by atoms with E-state index in [1.807, 2.05) is 47.5 Å². The van der Waals surface area contributed by atoms with E-state index in [0.29, 0.717) is 12.5 Å². The highest BCUT2D eigenvalue weighted by Crippen LogP contribution is 2.22. The summed E-state index contributed by atoms with van der Waals surface area (Å²) in [5.41, 5.74) is 1.84. The minimum atomic E-state index is 0.0801. The van der Waals surface area contributed by atoms with E-state index in [1.165, 1.54) is 6.42 Å². The predicted molar refractivity (Wildman–Crippen MR) is 102 cm³/mol. The molecule has 0 radical (unpaired) electrons. The summed E-state index contributed by atoms with van der Waals surface area (Å²) in [5.74, 6) is 1.43. The van der Waals surface area contributed by atoms with Crippen LogP contribution in [-0.4, -0.2) is 28.9 Å². The number of carbonyl (C=O) groups is 1. The largest absolute Gasteiger partial charge is 0.487 e. The van der Waals surface area contributed by atoms with Gasteiger partial charge in [0.2, 0.25) is 5.91 Å². The number of hydrogen-bond acceptors (Lipinski definition) is 4. The van der Waals surface area contributed by atoms with Crippen LogP contribution in [-0.2, 0) is 11.4 Å². The van der Waals surface area contributed by atoms with Gasteiger partial charge in [-0.1, -0.05) is 25.1 Å². The van der Waals surface area contributed by atoms with Crippen molar-refractivity contribution in [3.63, 3.8) is 0 Å². The lowest BCUT2D eigenvalue weighted by molar-refractivity contribution is -0.127. The van der Waals surface area contributed by atoms with Crippen molar-refractivity contribution in [1.82, 2.24) is 9.88 Å². The number of thiazole rings is 1. The minimum Gasteiger partial charge on any atom is -0.487 e. The number of nitrogens with zero attached hydrogens (tertiary/aromatic N) is 2. The summed E-state index contributed by atoms with van der Waals surface area (Å²) in [5, 5.41) is 3.04. The molecule has 1 aliphatic rings. The molecular formula is C20H24N2O2S. The van der Waals surface area contributed by atoms with Crippen LogP contribution in [0, 0.1) is 12.8 Å². The van der Waals surface area contributed by atoms with Gasteiger partial charge in [-0.05, 0) is 37.8 Å². The molecule has 1 aromatic carbocycles. The minimum absolute atomic E-state index is 0.0801. The number of rotatable bonds is 5. The molecular weight excluding hydrogens is 332 g/mol. The van der Waals surface area contributed by atoms with Crippen molar-refractivity contribution < 1.29 is 9.53 Å². The monoisotopic (exact) mass is 356 g/mol. The topological polar surface area (TPSA) is 42.4 Å². The van der Waals surface area contributed by atoms with E-state index in [2.05, 4.69) is 11.9 Å². The van der Waals surface area contributed by atoms with Gasteiger partial charge in [0.1, 0.15) is 12.4 Å². The highest BCUT2D eigenvalue weighted by atomic mass is 32.1. The summed E-state index contributed by atoms with van der Waals surface area (Å²) in [7, 11) is 0. The van der Waals surface area contributed by atoms with Crippen LogP contribution in [0.15, 0.2) is 35.7 Å². The Labute approximate surface area is 153 Å². The number of amides is 1. The first-order valence-corrected chi connectivity index (χ1v) is 9.59. The van der Waals surface area contributed by atoms with E-state index in [-0.39, 0.29) is 5.91 Å². The zero-order valence-electron chi connectivity index (χ0n) is 14.8. The Morgan fingerprint density at radius 2 is 2.28 bits per heavy atom. The first-order chi connectivity index (χ1) is 12.1. The molecule has 25 heavy (non-hydrogen) atoms. The fourth-order valence-corrected chi connectivity index (χ4v) is 3.63. The van der Waals surface area contributed by atoms with E-state index < -0.39 is 0 Å². The third kappa shape index (κ3) is 4.92. The van der Waals surface area contributed by atoms with Gasteiger partial charge in [0.15, 0.2) is 0 Å². The summed E-state index contributed by atoms with van der Waals surface area (Å²) >= 11 is 1.62. The Kier molecular flexibility index (Phi) is 5.87. The van der Waals surface area contributed by atoms with Crippen molar-refractivity contribution in [2.75, 3.05) is 13.1 Å². The molecule has 1 aliphatic heterocycles. The number of aryl methyl sites for hydroxylation is 1. The number of ether oxygens (including phenoxy) is 1. The Morgan fingerprint density at radius 1 is 1.44 bits per heavy atom. The van der Waals surface area contributed by atoms with Gasteiger partial charge in [0, 0.05) is 30.1 Å². The molecule has 0 N–H and O–H groups in total. The number of aromatic nitrogens is 1. The van der Waals surface area contributed by atoms with E-state index in [4.69, 9.17) is 4.74 Å². The summed E-state index contributed by atoms with van der Waals surface area (Å²) in [6, 6.07) is 7.77. The van der Waals surface area contributed by atoms with Gasteiger partial charge in [0.25, 0.3) is 0 Å². The van der Waals surface area contributed by atoms with E-state index in [9.17, 15) is 4.79 Å². The predicted octanol–water partition coefficient (Wildman–Crippen LogP) is 4.30. The van der Waals surface area contributed by atoms with Crippen LogP contribution >= 0.6 is 11.3 Å². The molecule has 0 saturated carbocycles. The lowest BCUT2D eigenvalue weighted by atomic mass is 10.0. The van der Waals surface area contributed by atoms with Crippen molar-refractivity contribution in [3.8, 4) is 5.75 Å². The summed E-state index contributed by atoms with van der Waals surface area (Å²) in [6.45, 7) is 6.33. The van der Waals surface area contributed by atoms with Crippen LogP contribution in [0.2, 0.25) is 0 Å². The number of benzene rings is 1. The summed E-state index contributed by atoms with van der Waals surface area (Å²) in [4.78, 5) is 18.7. The van der Waals surface area contributed by atoms with E-state index in [0.717, 1.165) is 41.5 Å². The number of likely N-dealkylation sites (tertiary alicyclic amines) is 1.